The third kappa shape index (κ3) is 2.75. The van der Waals surface area contributed by atoms with Gasteiger partial charge in [0.15, 0.2) is 0 Å². The van der Waals surface area contributed by atoms with Gasteiger partial charge in [-0.1, -0.05) is 18.2 Å². The van der Waals surface area contributed by atoms with Crippen molar-refractivity contribution in [3.05, 3.63) is 47.7 Å². The Morgan fingerprint density at radius 3 is 2.83 bits per heavy atom. The van der Waals surface area contributed by atoms with E-state index in [0.717, 1.165) is 16.5 Å². The van der Waals surface area contributed by atoms with Crippen LogP contribution in [0.5, 0.6) is 0 Å². The molecule has 0 fully saturated rings. The summed E-state index contributed by atoms with van der Waals surface area (Å²) in [7, 11) is 1.60. The second-order valence-corrected chi connectivity index (χ2v) is 5.27. The molecule has 0 saturated carbocycles. The lowest BCUT2D eigenvalue weighted by molar-refractivity contribution is 0.0964. The summed E-state index contributed by atoms with van der Waals surface area (Å²) in [5.41, 5.74) is 2.54. The number of benzene rings is 1. The lowest BCUT2D eigenvalue weighted by atomic mass is 10.1. The Balaban J connectivity index is 2.05. The zero-order valence-electron chi connectivity index (χ0n) is 13.4. The second-order valence-electron chi connectivity index (χ2n) is 5.27. The average molecular weight is 309 g/mol. The van der Waals surface area contributed by atoms with Gasteiger partial charge in [-0.15, -0.1) is 0 Å². The van der Waals surface area contributed by atoms with E-state index in [9.17, 15) is 4.79 Å². The van der Waals surface area contributed by atoms with Crippen molar-refractivity contribution in [2.24, 2.45) is 0 Å². The van der Waals surface area contributed by atoms with Gasteiger partial charge in [-0.2, -0.15) is 5.10 Å². The fourth-order valence-electron chi connectivity index (χ4n) is 2.59. The van der Waals surface area contributed by atoms with Gasteiger partial charge in [0, 0.05) is 19.0 Å². The summed E-state index contributed by atoms with van der Waals surface area (Å²) < 4.78 is 1.75. The first-order valence-corrected chi connectivity index (χ1v) is 7.55. The molecule has 2 heterocycles. The van der Waals surface area contributed by atoms with E-state index >= 15 is 0 Å². The van der Waals surface area contributed by atoms with Crippen LogP contribution in [0.15, 0.2) is 36.5 Å². The maximum Gasteiger partial charge on any atom is 0.256 e. The van der Waals surface area contributed by atoms with Crippen LogP contribution in [0.3, 0.4) is 0 Å². The predicted octanol–water partition coefficient (Wildman–Crippen LogP) is 2.86. The molecule has 2 N–H and O–H groups in total. The summed E-state index contributed by atoms with van der Waals surface area (Å²) in [5.74, 6) is 1.17. The highest BCUT2D eigenvalue weighted by atomic mass is 16.1. The molecule has 1 amide bonds. The first-order valence-electron chi connectivity index (χ1n) is 7.55. The maximum absolute atomic E-state index is 12.0. The smallest absolute Gasteiger partial charge is 0.256 e. The number of fused-ring (bicyclic) bond motifs is 1. The SMILES string of the molecule is CCn1ncc(C(=O)NC)c1Nc1cc(C)c2ccccc2n1. The molecule has 0 atom stereocenters. The van der Waals surface area contributed by atoms with Crippen molar-refractivity contribution in [2.45, 2.75) is 20.4 Å². The minimum Gasteiger partial charge on any atom is -0.355 e. The summed E-state index contributed by atoms with van der Waals surface area (Å²) in [6.45, 7) is 4.68. The molecule has 0 bridgehead atoms. The quantitative estimate of drug-likeness (QED) is 0.777. The Morgan fingerprint density at radius 1 is 1.30 bits per heavy atom. The molecular weight excluding hydrogens is 290 g/mol. The van der Waals surface area contributed by atoms with Gasteiger partial charge in [-0.25, -0.2) is 9.67 Å². The number of nitrogens with zero attached hydrogens (tertiary/aromatic N) is 3. The van der Waals surface area contributed by atoms with Crippen LogP contribution >= 0.6 is 0 Å². The first-order chi connectivity index (χ1) is 11.1. The van der Waals surface area contributed by atoms with Gasteiger partial charge in [-0.3, -0.25) is 4.79 Å². The van der Waals surface area contributed by atoms with Crippen molar-refractivity contribution >= 4 is 28.4 Å². The predicted molar refractivity (Wildman–Crippen MR) is 91.1 cm³/mol. The van der Waals surface area contributed by atoms with Crippen molar-refractivity contribution in [1.82, 2.24) is 20.1 Å². The van der Waals surface area contributed by atoms with Crippen LogP contribution in [0.2, 0.25) is 0 Å². The largest absolute Gasteiger partial charge is 0.355 e. The molecule has 23 heavy (non-hydrogen) atoms. The lowest BCUT2D eigenvalue weighted by Gasteiger charge is -2.12. The van der Waals surface area contributed by atoms with Gasteiger partial charge in [0.1, 0.15) is 17.2 Å². The van der Waals surface area contributed by atoms with Gasteiger partial charge in [0.05, 0.1) is 11.7 Å². The number of hydrogen-bond acceptors (Lipinski definition) is 4. The molecule has 0 radical (unpaired) electrons. The Hall–Kier alpha value is -2.89. The zero-order valence-corrected chi connectivity index (χ0v) is 13.4. The highest BCUT2D eigenvalue weighted by Gasteiger charge is 2.16. The zero-order chi connectivity index (χ0) is 16.4. The number of amides is 1. The molecule has 0 spiro atoms. The molecule has 0 unspecified atom stereocenters. The van der Waals surface area contributed by atoms with Crippen LogP contribution in [0, 0.1) is 6.92 Å². The van der Waals surface area contributed by atoms with E-state index in [1.165, 1.54) is 0 Å². The Kier molecular flexibility index (Phi) is 3.97. The summed E-state index contributed by atoms with van der Waals surface area (Å²) >= 11 is 0. The van der Waals surface area contributed by atoms with Gasteiger partial charge in [0.25, 0.3) is 5.91 Å². The molecule has 1 aromatic carbocycles. The van der Waals surface area contributed by atoms with E-state index in [4.69, 9.17) is 0 Å². The number of anilines is 2. The molecule has 6 nitrogen and oxygen atoms in total. The van der Waals surface area contributed by atoms with E-state index in [0.29, 0.717) is 23.7 Å². The van der Waals surface area contributed by atoms with Crippen molar-refractivity contribution in [3.63, 3.8) is 0 Å². The van der Waals surface area contributed by atoms with Crippen LogP contribution in [-0.4, -0.2) is 27.7 Å². The molecule has 2 aromatic heterocycles. The number of carbonyl (C=O) groups excluding carboxylic acids is 1. The van der Waals surface area contributed by atoms with Crippen LogP contribution < -0.4 is 10.6 Å². The summed E-state index contributed by atoms with van der Waals surface area (Å²) in [6.07, 6.45) is 1.57. The number of para-hydroxylation sites is 1. The van der Waals surface area contributed by atoms with Crippen molar-refractivity contribution in [3.8, 4) is 0 Å². The number of aryl methyl sites for hydroxylation is 2. The van der Waals surface area contributed by atoms with Crippen LogP contribution in [0.1, 0.15) is 22.8 Å². The maximum atomic E-state index is 12.0. The van der Waals surface area contributed by atoms with Crippen LogP contribution in [0.25, 0.3) is 10.9 Å². The summed E-state index contributed by atoms with van der Waals surface area (Å²) in [5, 5.41) is 11.3. The Labute approximate surface area is 134 Å². The van der Waals surface area contributed by atoms with E-state index in [-0.39, 0.29) is 5.91 Å². The van der Waals surface area contributed by atoms with Gasteiger partial charge in [0.2, 0.25) is 0 Å². The normalized spacial score (nSPS) is 10.7. The number of aromatic nitrogens is 3. The highest BCUT2D eigenvalue weighted by Crippen LogP contribution is 2.24. The molecule has 6 heteroatoms. The monoisotopic (exact) mass is 309 g/mol. The third-order valence-electron chi connectivity index (χ3n) is 3.78. The topological polar surface area (TPSA) is 71.8 Å². The van der Waals surface area contributed by atoms with Gasteiger partial charge < -0.3 is 10.6 Å². The van der Waals surface area contributed by atoms with E-state index in [1.807, 2.05) is 44.2 Å². The van der Waals surface area contributed by atoms with Gasteiger partial charge in [-0.05, 0) is 31.5 Å². The molecule has 3 aromatic rings. The number of pyridine rings is 1. The molecule has 0 aliphatic rings. The molecule has 0 aliphatic carbocycles. The molecule has 0 saturated heterocycles. The Bertz CT molecular complexity index is 869. The number of nitrogens with one attached hydrogen (secondary N) is 2. The number of carbonyl (C=O) groups is 1. The minimum absolute atomic E-state index is 0.176. The standard InChI is InChI=1S/C17H19N5O/c1-4-22-16(13(10-19-22)17(23)18-3)21-15-9-11(2)12-7-5-6-8-14(12)20-15/h5-10H,4H2,1-3H3,(H,18,23)(H,20,21). The fourth-order valence-corrected chi connectivity index (χ4v) is 2.59. The van der Waals surface area contributed by atoms with Crippen molar-refractivity contribution in [2.75, 3.05) is 12.4 Å². The fraction of sp³-hybridized carbons (Fsp3) is 0.235. The van der Waals surface area contributed by atoms with E-state index in [1.54, 1.807) is 17.9 Å². The van der Waals surface area contributed by atoms with Crippen LogP contribution in [-0.2, 0) is 6.54 Å². The van der Waals surface area contributed by atoms with E-state index < -0.39 is 0 Å². The second kappa shape index (κ2) is 6.08. The van der Waals surface area contributed by atoms with E-state index in [2.05, 4.69) is 20.7 Å². The highest BCUT2D eigenvalue weighted by molar-refractivity contribution is 5.99. The molecule has 118 valence electrons. The average Bonchev–Trinajstić information content (AvgIpc) is 2.97. The minimum atomic E-state index is -0.176. The number of hydrogen-bond donors (Lipinski definition) is 2. The Morgan fingerprint density at radius 2 is 2.09 bits per heavy atom. The van der Waals surface area contributed by atoms with Crippen molar-refractivity contribution < 1.29 is 4.79 Å². The third-order valence-corrected chi connectivity index (χ3v) is 3.78. The van der Waals surface area contributed by atoms with Crippen molar-refractivity contribution in [1.29, 1.82) is 0 Å². The number of rotatable bonds is 4. The lowest BCUT2D eigenvalue weighted by Crippen LogP contribution is -2.19. The molecule has 0 aliphatic heterocycles. The summed E-state index contributed by atoms with van der Waals surface area (Å²) in [4.78, 5) is 16.6. The van der Waals surface area contributed by atoms with Gasteiger partial charge >= 0.3 is 0 Å². The summed E-state index contributed by atoms with van der Waals surface area (Å²) in [6, 6.07) is 9.96. The molecule has 3 rings (SSSR count). The first kappa shape index (κ1) is 15.0. The van der Waals surface area contributed by atoms with Crippen LogP contribution in [0.4, 0.5) is 11.6 Å². The molecular formula is C17H19N5O.